The van der Waals surface area contributed by atoms with Crippen LogP contribution in [0.3, 0.4) is 0 Å². The largest absolute Gasteiger partial charge is 0.445 e. The molecule has 1 aromatic heterocycles. The summed E-state index contributed by atoms with van der Waals surface area (Å²) in [6.45, 7) is 0.124. The summed E-state index contributed by atoms with van der Waals surface area (Å²) in [6.07, 6.45) is -0.418. The third kappa shape index (κ3) is 3.93. The van der Waals surface area contributed by atoms with Crippen molar-refractivity contribution < 1.29 is 9.53 Å². The van der Waals surface area contributed by atoms with Gasteiger partial charge in [0.2, 0.25) is 0 Å². The maximum Gasteiger partial charge on any atom is 0.409 e. The molecule has 6 heteroatoms. The van der Waals surface area contributed by atoms with E-state index in [4.69, 9.17) is 27.9 Å². The number of rotatable bonds is 2. The summed E-state index contributed by atoms with van der Waals surface area (Å²) in [5.74, 6) is 0. The topological polar surface area (TPSA) is 42.4 Å². The van der Waals surface area contributed by atoms with Crippen LogP contribution in [0.5, 0.6) is 0 Å². The van der Waals surface area contributed by atoms with Crippen molar-refractivity contribution in [2.24, 2.45) is 0 Å². The van der Waals surface area contributed by atoms with Crippen LogP contribution in [0, 0.1) is 0 Å². The van der Waals surface area contributed by atoms with Gasteiger partial charge in [-0.05, 0) is 17.7 Å². The molecule has 0 aromatic carbocycles. The molecule has 1 rings (SSSR count). The molecule has 0 aliphatic rings. The number of aromatic nitrogens is 1. The first-order valence-corrected chi connectivity index (χ1v) is 4.90. The summed E-state index contributed by atoms with van der Waals surface area (Å²) in [5.41, 5.74) is 0.704. The molecule has 4 nitrogen and oxygen atoms in total. The minimum Gasteiger partial charge on any atom is -0.445 e. The van der Waals surface area contributed by atoms with Gasteiger partial charge in [-0.1, -0.05) is 23.2 Å². The quantitative estimate of drug-likeness (QED) is 0.756. The average Bonchev–Trinajstić information content (AvgIpc) is 2.12. The van der Waals surface area contributed by atoms with Gasteiger partial charge in [0.1, 0.15) is 16.9 Å². The highest BCUT2D eigenvalue weighted by atomic mass is 35.5. The standard InChI is InChI=1S/C9H10Cl2N2O2/c1-13(2)9(14)15-5-6-3-7(10)12-8(11)4-6/h3-4H,5H2,1-2H3. The van der Waals surface area contributed by atoms with Gasteiger partial charge in [0, 0.05) is 14.1 Å². The van der Waals surface area contributed by atoms with Crippen LogP contribution in [0.25, 0.3) is 0 Å². The zero-order chi connectivity index (χ0) is 11.4. The minimum absolute atomic E-state index is 0.124. The van der Waals surface area contributed by atoms with Crippen LogP contribution < -0.4 is 0 Å². The number of halogens is 2. The first-order chi connectivity index (χ1) is 6.99. The summed E-state index contributed by atoms with van der Waals surface area (Å²) in [5, 5.41) is 0.553. The zero-order valence-electron chi connectivity index (χ0n) is 8.33. The van der Waals surface area contributed by atoms with Gasteiger partial charge in [0.15, 0.2) is 0 Å². The molecular weight excluding hydrogens is 239 g/mol. The Labute approximate surface area is 97.8 Å². The van der Waals surface area contributed by atoms with Crippen LogP contribution in [0.1, 0.15) is 5.56 Å². The van der Waals surface area contributed by atoms with Crippen LogP contribution >= 0.6 is 23.2 Å². The molecule has 1 aromatic rings. The van der Waals surface area contributed by atoms with E-state index in [9.17, 15) is 4.79 Å². The SMILES string of the molecule is CN(C)C(=O)OCc1cc(Cl)nc(Cl)c1. The fraction of sp³-hybridized carbons (Fsp3) is 0.333. The van der Waals surface area contributed by atoms with Crippen LogP contribution in [0.15, 0.2) is 12.1 Å². The number of carbonyl (C=O) groups excluding carboxylic acids is 1. The van der Waals surface area contributed by atoms with Crippen molar-refractivity contribution >= 4 is 29.3 Å². The van der Waals surface area contributed by atoms with Crippen molar-refractivity contribution in [3.05, 3.63) is 28.0 Å². The van der Waals surface area contributed by atoms with E-state index in [1.54, 1.807) is 26.2 Å². The van der Waals surface area contributed by atoms with Crippen molar-refractivity contribution in [1.82, 2.24) is 9.88 Å². The molecule has 0 saturated carbocycles. The van der Waals surface area contributed by atoms with E-state index in [-0.39, 0.29) is 16.9 Å². The predicted molar refractivity (Wildman–Crippen MR) is 58.1 cm³/mol. The summed E-state index contributed by atoms with van der Waals surface area (Å²) in [7, 11) is 3.21. The Bertz CT molecular complexity index is 349. The van der Waals surface area contributed by atoms with Gasteiger partial charge in [-0.15, -0.1) is 0 Å². The molecule has 0 spiro atoms. The maximum atomic E-state index is 11.1. The van der Waals surface area contributed by atoms with Crippen LogP contribution in [-0.2, 0) is 11.3 Å². The smallest absolute Gasteiger partial charge is 0.409 e. The van der Waals surface area contributed by atoms with Gasteiger partial charge in [0.25, 0.3) is 0 Å². The van der Waals surface area contributed by atoms with Gasteiger partial charge in [-0.25, -0.2) is 9.78 Å². The van der Waals surface area contributed by atoms with Gasteiger partial charge in [0.05, 0.1) is 0 Å². The molecule has 0 N–H and O–H groups in total. The van der Waals surface area contributed by atoms with Gasteiger partial charge < -0.3 is 9.64 Å². The lowest BCUT2D eigenvalue weighted by molar-refractivity contribution is 0.112. The van der Waals surface area contributed by atoms with E-state index in [1.807, 2.05) is 0 Å². The molecule has 1 heterocycles. The van der Waals surface area contributed by atoms with Crippen molar-refractivity contribution in [1.29, 1.82) is 0 Å². The molecule has 0 atom stereocenters. The zero-order valence-corrected chi connectivity index (χ0v) is 9.84. The Morgan fingerprint density at radius 1 is 1.40 bits per heavy atom. The Balaban J connectivity index is 2.61. The highest BCUT2D eigenvalue weighted by Gasteiger charge is 2.06. The van der Waals surface area contributed by atoms with E-state index in [2.05, 4.69) is 4.98 Å². The van der Waals surface area contributed by atoms with Crippen LogP contribution in [0.4, 0.5) is 4.79 Å². The third-order valence-corrected chi connectivity index (χ3v) is 1.94. The van der Waals surface area contributed by atoms with E-state index in [0.717, 1.165) is 0 Å². The van der Waals surface area contributed by atoms with Gasteiger partial charge >= 0.3 is 6.09 Å². The monoisotopic (exact) mass is 248 g/mol. The van der Waals surface area contributed by atoms with Crippen molar-refractivity contribution in [2.45, 2.75) is 6.61 Å². The number of hydrogen-bond donors (Lipinski definition) is 0. The number of carbonyl (C=O) groups is 1. The first kappa shape index (κ1) is 12.1. The highest BCUT2D eigenvalue weighted by Crippen LogP contribution is 2.15. The van der Waals surface area contributed by atoms with Crippen molar-refractivity contribution in [2.75, 3.05) is 14.1 Å². The van der Waals surface area contributed by atoms with E-state index >= 15 is 0 Å². The molecule has 1 amide bonds. The van der Waals surface area contributed by atoms with Crippen molar-refractivity contribution in [3.63, 3.8) is 0 Å². The second-order valence-corrected chi connectivity index (χ2v) is 3.84. The Kier molecular flexibility index (Phi) is 4.17. The number of amides is 1. The molecular formula is C9H10Cl2N2O2. The lowest BCUT2D eigenvalue weighted by Gasteiger charge is -2.10. The number of nitrogens with zero attached hydrogens (tertiary/aromatic N) is 2. The maximum absolute atomic E-state index is 11.1. The summed E-state index contributed by atoms with van der Waals surface area (Å²) in [6, 6.07) is 3.19. The molecule has 0 fully saturated rings. The summed E-state index contributed by atoms with van der Waals surface area (Å²) in [4.78, 5) is 16.2. The number of hydrogen-bond acceptors (Lipinski definition) is 3. The normalized spacial score (nSPS) is 9.87. The van der Waals surface area contributed by atoms with Crippen LogP contribution in [0.2, 0.25) is 10.3 Å². The molecule has 82 valence electrons. The molecule has 0 radical (unpaired) electrons. The summed E-state index contributed by atoms with van der Waals surface area (Å²) >= 11 is 11.4. The van der Waals surface area contributed by atoms with Crippen LogP contribution in [-0.4, -0.2) is 30.1 Å². The Hall–Kier alpha value is -1.00. The number of pyridine rings is 1. The predicted octanol–water partition coefficient (Wildman–Crippen LogP) is 2.59. The van der Waals surface area contributed by atoms with Gasteiger partial charge in [-0.3, -0.25) is 0 Å². The Morgan fingerprint density at radius 3 is 2.40 bits per heavy atom. The second-order valence-electron chi connectivity index (χ2n) is 3.07. The summed E-state index contributed by atoms with van der Waals surface area (Å²) < 4.78 is 4.94. The lowest BCUT2D eigenvalue weighted by atomic mass is 10.3. The second kappa shape index (κ2) is 5.19. The fourth-order valence-electron chi connectivity index (χ4n) is 0.872. The average molecular weight is 249 g/mol. The van der Waals surface area contributed by atoms with Crippen molar-refractivity contribution in [3.8, 4) is 0 Å². The van der Waals surface area contributed by atoms with E-state index in [0.29, 0.717) is 5.56 Å². The molecule has 0 saturated heterocycles. The Morgan fingerprint density at radius 2 is 1.93 bits per heavy atom. The van der Waals surface area contributed by atoms with E-state index in [1.165, 1.54) is 4.90 Å². The number of ether oxygens (including phenoxy) is 1. The first-order valence-electron chi connectivity index (χ1n) is 4.15. The lowest BCUT2D eigenvalue weighted by Crippen LogP contribution is -2.22. The third-order valence-electron chi connectivity index (χ3n) is 1.55. The minimum atomic E-state index is -0.418. The molecule has 0 aliphatic heterocycles. The molecule has 0 aliphatic carbocycles. The van der Waals surface area contributed by atoms with E-state index < -0.39 is 6.09 Å². The highest BCUT2D eigenvalue weighted by molar-refractivity contribution is 6.32. The fourth-order valence-corrected chi connectivity index (χ4v) is 1.38. The molecule has 0 unspecified atom stereocenters. The molecule has 15 heavy (non-hydrogen) atoms. The molecule has 0 bridgehead atoms. The van der Waals surface area contributed by atoms with Gasteiger partial charge in [-0.2, -0.15) is 0 Å².